The number of ketones is 1. The van der Waals surface area contributed by atoms with Crippen LogP contribution in [-0.2, 0) is 11.2 Å². The van der Waals surface area contributed by atoms with Crippen molar-refractivity contribution in [2.24, 2.45) is 0 Å². The molecule has 0 amide bonds. The number of carbonyl (C=O) groups is 1. The summed E-state index contributed by atoms with van der Waals surface area (Å²) in [6, 6.07) is 0. The molecule has 110 valence electrons. The van der Waals surface area contributed by atoms with E-state index in [1.807, 2.05) is 6.92 Å². The number of hydrogen-bond acceptors (Lipinski definition) is 6. The van der Waals surface area contributed by atoms with Gasteiger partial charge in [0, 0.05) is 30.9 Å². The average molecular weight is 288 g/mol. The zero-order valence-corrected chi connectivity index (χ0v) is 11.8. The number of rotatable bonds is 2. The van der Waals surface area contributed by atoms with Gasteiger partial charge in [-0.15, -0.1) is 0 Å². The fourth-order valence-corrected chi connectivity index (χ4v) is 3.08. The predicted octanol–water partition coefficient (Wildman–Crippen LogP) is 2.66. The smallest absolute Gasteiger partial charge is 0.293 e. The molecule has 0 radical (unpaired) electrons. The Morgan fingerprint density at radius 2 is 2.19 bits per heavy atom. The van der Waals surface area contributed by atoms with Crippen molar-refractivity contribution in [3.05, 3.63) is 22.7 Å². The van der Waals surface area contributed by atoms with Crippen LogP contribution in [0.4, 0.5) is 0 Å². The maximum Gasteiger partial charge on any atom is 0.293 e. The van der Waals surface area contributed by atoms with Crippen molar-refractivity contribution in [2.75, 3.05) is 13.2 Å². The van der Waals surface area contributed by atoms with Gasteiger partial charge in [-0.05, 0) is 19.8 Å². The summed E-state index contributed by atoms with van der Waals surface area (Å²) in [7, 11) is 0. The van der Waals surface area contributed by atoms with Gasteiger partial charge in [0.05, 0.1) is 12.2 Å². The van der Waals surface area contributed by atoms with Gasteiger partial charge < -0.3 is 13.7 Å². The largest absolute Gasteiger partial charge is 0.455 e. The second-order valence-electron chi connectivity index (χ2n) is 5.65. The van der Waals surface area contributed by atoms with Crippen molar-refractivity contribution < 1.29 is 18.5 Å². The molecule has 2 aromatic rings. The van der Waals surface area contributed by atoms with Crippen molar-refractivity contribution in [3.8, 4) is 11.7 Å². The van der Waals surface area contributed by atoms with Crippen molar-refractivity contribution in [2.45, 2.75) is 38.5 Å². The third-order valence-electron chi connectivity index (χ3n) is 4.24. The molecule has 1 aliphatic heterocycles. The Morgan fingerprint density at radius 3 is 2.95 bits per heavy atom. The topological polar surface area (TPSA) is 78.4 Å². The molecular formula is C15H16N2O4. The summed E-state index contributed by atoms with van der Waals surface area (Å²) in [5, 5.41) is 4.03. The maximum absolute atomic E-state index is 12.0. The summed E-state index contributed by atoms with van der Waals surface area (Å²) in [6.45, 7) is 3.24. The third kappa shape index (κ3) is 2.01. The van der Waals surface area contributed by atoms with Crippen LogP contribution in [0.3, 0.4) is 0 Å². The minimum absolute atomic E-state index is 0.146. The van der Waals surface area contributed by atoms with Gasteiger partial charge in [-0.2, -0.15) is 4.98 Å². The standard InChI is InChI=1S/C15H16N2O4/c1-8-12-10(18)3-2-4-11(12)20-13(8)15-16-14(17-21-15)9-5-6-19-7-9/h9H,2-7H2,1H3. The third-order valence-corrected chi connectivity index (χ3v) is 4.24. The number of fused-ring (bicyclic) bond motifs is 1. The maximum atomic E-state index is 12.0. The minimum atomic E-state index is 0.146. The van der Waals surface area contributed by atoms with Crippen LogP contribution in [0.2, 0.25) is 0 Å². The summed E-state index contributed by atoms with van der Waals surface area (Å²) in [5.74, 6) is 2.64. The van der Waals surface area contributed by atoms with Crippen LogP contribution in [0, 0.1) is 6.92 Å². The first-order chi connectivity index (χ1) is 10.2. The van der Waals surface area contributed by atoms with Crippen LogP contribution < -0.4 is 0 Å². The second kappa shape index (κ2) is 4.80. The lowest BCUT2D eigenvalue weighted by atomic mass is 9.94. The van der Waals surface area contributed by atoms with Crippen molar-refractivity contribution in [3.63, 3.8) is 0 Å². The highest BCUT2D eigenvalue weighted by Gasteiger charge is 2.30. The lowest BCUT2D eigenvalue weighted by molar-refractivity contribution is 0.0969. The molecule has 1 fully saturated rings. The molecule has 1 saturated heterocycles. The van der Waals surface area contributed by atoms with Crippen molar-refractivity contribution >= 4 is 5.78 Å². The van der Waals surface area contributed by atoms with Crippen molar-refractivity contribution in [1.29, 1.82) is 0 Å². The summed E-state index contributed by atoms with van der Waals surface area (Å²) < 4.78 is 16.5. The molecule has 0 bridgehead atoms. The van der Waals surface area contributed by atoms with E-state index in [0.717, 1.165) is 37.2 Å². The Hall–Kier alpha value is -1.95. The van der Waals surface area contributed by atoms with E-state index in [1.54, 1.807) is 0 Å². The Kier molecular flexibility index (Phi) is 2.92. The molecule has 21 heavy (non-hydrogen) atoms. The van der Waals surface area contributed by atoms with Gasteiger partial charge in [0.25, 0.3) is 5.89 Å². The van der Waals surface area contributed by atoms with E-state index in [1.165, 1.54) is 0 Å². The van der Waals surface area contributed by atoms with E-state index >= 15 is 0 Å². The first-order valence-corrected chi connectivity index (χ1v) is 7.31. The molecule has 0 spiro atoms. The lowest BCUT2D eigenvalue weighted by Gasteiger charge is -2.07. The minimum Gasteiger partial charge on any atom is -0.455 e. The van der Waals surface area contributed by atoms with Gasteiger partial charge in [-0.1, -0.05) is 5.16 Å². The van der Waals surface area contributed by atoms with E-state index < -0.39 is 0 Å². The van der Waals surface area contributed by atoms with E-state index in [-0.39, 0.29) is 11.7 Å². The molecule has 1 atom stereocenters. The monoisotopic (exact) mass is 288 g/mol. The molecule has 3 heterocycles. The molecule has 0 aromatic carbocycles. The molecule has 2 aliphatic rings. The number of aryl methyl sites for hydroxylation is 1. The molecule has 0 N–H and O–H groups in total. The highest BCUT2D eigenvalue weighted by Crippen LogP contribution is 2.35. The van der Waals surface area contributed by atoms with Gasteiger partial charge in [0.2, 0.25) is 0 Å². The Balaban J connectivity index is 1.72. The molecule has 6 heteroatoms. The summed E-state index contributed by atoms with van der Waals surface area (Å²) in [5.41, 5.74) is 1.52. The number of carbonyl (C=O) groups excluding carboxylic acids is 1. The van der Waals surface area contributed by atoms with E-state index in [0.29, 0.717) is 36.1 Å². The number of hydrogen-bond donors (Lipinski definition) is 0. The van der Waals surface area contributed by atoms with Gasteiger partial charge in [-0.25, -0.2) is 0 Å². The van der Waals surface area contributed by atoms with Crippen LogP contribution in [0.5, 0.6) is 0 Å². The summed E-state index contributed by atoms with van der Waals surface area (Å²) in [4.78, 5) is 16.5. The summed E-state index contributed by atoms with van der Waals surface area (Å²) in [6.07, 6.45) is 3.12. The number of Topliss-reactive ketones (excluding diaryl/α,β-unsaturated/α-hetero) is 1. The van der Waals surface area contributed by atoms with E-state index in [4.69, 9.17) is 13.7 Å². The van der Waals surface area contributed by atoms with Crippen molar-refractivity contribution in [1.82, 2.24) is 10.1 Å². The van der Waals surface area contributed by atoms with Crippen LogP contribution in [-0.4, -0.2) is 29.1 Å². The second-order valence-corrected chi connectivity index (χ2v) is 5.65. The van der Waals surface area contributed by atoms with Gasteiger partial charge >= 0.3 is 0 Å². The number of aromatic nitrogens is 2. The van der Waals surface area contributed by atoms with Crippen LogP contribution in [0.25, 0.3) is 11.7 Å². The molecular weight excluding hydrogens is 272 g/mol. The lowest BCUT2D eigenvalue weighted by Crippen LogP contribution is -2.09. The predicted molar refractivity (Wildman–Crippen MR) is 72.2 cm³/mol. The molecule has 1 aliphatic carbocycles. The van der Waals surface area contributed by atoms with Gasteiger partial charge in [0.15, 0.2) is 17.4 Å². The normalized spacial score (nSPS) is 21.8. The number of furan rings is 1. The number of nitrogens with zero attached hydrogens (tertiary/aromatic N) is 2. The molecule has 1 unspecified atom stereocenters. The average Bonchev–Trinajstić information content (AvgIpc) is 3.17. The quantitative estimate of drug-likeness (QED) is 0.845. The van der Waals surface area contributed by atoms with Crippen LogP contribution in [0.15, 0.2) is 8.94 Å². The van der Waals surface area contributed by atoms with E-state index in [2.05, 4.69) is 10.1 Å². The molecule has 0 saturated carbocycles. The molecule has 2 aromatic heterocycles. The fourth-order valence-electron chi connectivity index (χ4n) is 3.08. The Morgan fingerprint density at radius 1 is 1.29 bits per heavy atom. The zero-order valence-electron chi connectivity index (χ0n) is 11.8. The van der Waals surface area contributed by atoms with Crippen LogP contribution in [0.1, 0.15) is 52.7 Å². The highest BCUT2D eigenvalue weighted by molar-refractivity contribution is 6.00. The first-order valence-electron chi connectivity index (χ1n) is 7.31. The SMILES string of the molecule is Cc1c(-c2nc(C3CCOC3)no2)oc2c1C(=O)CCC2. The first kappa shape index (κ1) is 12.8. The Labute approximate surface area is 121 Å². The summed E-state index contributed by atoms with van der Waals surface area (Å²) >= 11 is 0. The fraction of sp³-hybridized carbons (Fsp3) is 0.533. The molecule has 4 rings (SSSR count). The number of ether oxygens (including phenoxy) is 1. The Bertz CT molecular complexity index is 695. The van der Waals surface area contributed by atoms with E-state index in [9.17, 15) is 4.79 Å². The zero-order chi connectivity index (χ0) is 14.4. The van der Waals surface area contributed by atoms with Gasteiger partial charge in [-0.3, -0.25) is 4.79 Å². The van der Waals surface area contributed by atoms with Crippen LogP contribution >= 0.6 is 0 Å². The highest BCUT2D eigenvalue weighted by atomic mass is 16.5. The van der Waals surface area contributed by atoms with Gasteiger partial charge in [0.1, 0.15) is 5.76 Å². The molecule has 6 nitrogen and oxygen atoms in total.